The second-order valence-corrected chi connectivity index (χ2v) is 6.43. The molecule has 1 fully saturated rings. The van der Waals surface area contributed by atoms with Crippen LogP contribution in [0.25, 0.3) is 0 Å². The Balaban J connectivity index is 1.60. The van der Waals surface area contributed by atoms with E-state index >= 15 is 0 Å². The minimum Gasteiger partial charge on any atom is -0.394 e. The van der Waals surface area contributed by atoms with Gasteiger partial charge in [-0.15, -0.1) is 0 Å². The largest absolute Gasteiger partial charge is 0.394 e. The van der Waals surface area contributed by atoms with Crippen LogP contribution in [0.2, 0.25) is 5.02 Å². The molecule has 1 aromatic heterocycles. The molecule has 1 aliphatic rings. The number of halogens is 2. The molecule has 1 aromatic carbocycles. The van der Waals surface area contributed by atoms with Gasteiger partial charge in [0.1, 0.15) is 5.82 Å². The molecule has 124 valence electrons. The highest BCUT2D eigenvalue weighted by atomic mass is 35.5. The van der Waals surface area contributed by atoms with Crippen LogP contribution in [-0.2, 0) is 13.1 Å². The number of aromatic nitrogens is 2. The minimum absolute atomic E-state index is 0.0988. The average molecular weight is 338 g/mol. The van der Waals surface area contributed by atoms with Crippen LogP contribution in [0, 0.1) is 5.82 Å². The summed E-state index contributed by atoms with van der Waals surface area (Å²) in [5.74, 6) is 0.252. The van der Waals surface area contributed by atoms with Gasteiger partial charge in [-0.3, -0.25) is 9.58 Å². The lowest BCUT2D eigenvalue weighted by atomic mass is 9.93. The maximum Gasteiger partial charge on any atom is 0.127 e. The van der Waals surface area contributed by atoms with Crippen molar-refractivity contribution in [1.29, 1.82) is 0 Å². The summed E-state index contributed by atoms with van der Waals surface area (Å²) in [4.78, 5) is 2.26. The van der Waals surface area contributed by atoms with Gasteiger partial charge in [-0.2, -0.15) is 5.10 Å². The van der Waals surface area contributed by atoms with Gasteiger partial charge in [0.2, 0.25) is 0 Å². The normalized spacial score (nSPS) is 16.8. The fraction of sp³-hybridized carbons (Fsp3) is 0.471. The van der Waals surface area contributed by atoms with E-state index in [0.717, 1.165) is 25.9 Å². The Bertz CT molecular complexity index is 653. The molecule has 1 saturated heterocycles. The Labute approximate surface area is 140 Å². The molecule has 0 bridgehead atoms. The van der Waals surface area contributed by atoms with Crippen molar-refractivity contribution in [2.24, 2.45) is 0 Å². The number of likely N-dealkylation sites (tertiary alicyclic amines) is 1. The van der Waals surface area contributed by atoms with E-state index in [0.29, 0.717) is 29.6 Å². The standard InChI is InChI=1S/C17H21ClFN3O/c18-15-1-2-16(19)14(11-15)12-21-7-4-13(5-8-21)17-3-6-20-22(17)9-10-23/h1-3,6,11,13,23H,4-5,7-10,12H2. The van der Waals surface area contributed by atoms with Crippen molar-refractivity contribution in [3.05, 3.63) is 52.6 Å². The SMILES string of the molecule is OCCn1nccc1C1CCN(Cc2cc(Cl)ccc2F)CC1. The van der Waals surface area contributed by atoms with E-state index in [1.54, 1.807) is 18.3 Å². The monoisotopic (exact) mass is 337 g/mol. The first-order chi connectivity index (χ1) is 11.2. The van der Waals surface area contributed by atoms with Crippen molar-refractivity contribution in [2.75, 3.05) is 19.7 Å². The fourth-order valence-electron chi connectivity index (χ4n) is 3.26. The van der Waals surface area contributed by atoms with Gasteiger partial charge in [0.25, 0.3) is 0 Å². The number of aliphatic hydroxyl groups is 1. The lowest BCUT2D eigenvalue weighted by Gasteiger charge is -2.32. The number of piperidine rings is 1. The van der Waals surface area contributed by atoms with E-state index in [9.17, 15) is 4.39 Å². The van der Waals surface area contributed by atoms with Gasteiger partial charge in [-0.25, -0.2) is 4.39 Å². The first-order valence-electron chi connectivity index (χ1n) is 7.96. The number of hydrogen-bond acceptors (Lipinski definition) is 3. The molecule has 0 radical (unpaired) electrons. The van der Waals surface area contributed by atoms with Crippen LogP contribution in [0.1, 0.15) is 30.0 Å². The molecule has 6 heteroatoms. The Morgan fingerprint density at radius 1 is 1.26 bits per heavy atom. The maximum atomic E-state index is 13.8. The van der Waals surface area contributed by atoms with E-state index in [-0.39, 0.29) is 12.4 Å². The summed E-state index contributed by atoms with van der Waals surface area (Å²) in [5.41, 5.74) is 1.84. The molecule has 0 unspecified atom stereocenters. The van der Waals surface area contributed by atoms with Crippen molar-refractivity contribution in [3.8, 4) is 0 Å². The molecule has 1 N–H and O–H groups in total. The lowest BCUT2D eigenvalue weighted by Crippen LogP contribution is -2.33. The zero-order valence-electron chi connectivity index (χ0n) is 13.0. The molecule has 0 aliphatic carbocycles. The van der Waals surface area contributed by atoms with Crippen molar-refractivity contribution in [1.82, 2.24) is 14.7 Å². The molecule has 4 nitrogen and oxygen atoms in total. The van der Waals surface area contributed by atoms with E-state index in [2.05, 4.69) is 10.00 Å². The summed E-state index contributed by atoms with van der Waals surface area (Å²) in [7, 11) is 0. The highest BCUT2D eigenvalue weighted by Gasteiger charge is 2.23. The Kier molecular flexibility index (Phi) is 5.30. The van der Waals surface area contributed by atoms with Crippen molar-refractivity contribution < 1.29 is 9.50 Å². The molecule has 2 aromatic rings. The Hall–Kier alpha value is -1.43. The number of nitrogens with zero attached hydrogens (tertiary/aromatic N) is 3. The molecule has 23 heavy (non-hydrogen) atoms. The van der Waals surface area contributed by atoms with E-state index in [1.165, 1.54) is 11.8 Å². The van der Waals surface area contributed by atoms with Crippen LogP contribution in [0.15, 0.2) is 30.5 Å². The zero-order valence-corrected chi connectivity index (χ0v) is 13.7. The summed E-state index contributed by atoms with van der Waals surface area (Å²) < 4.78 is 15.7. The Morgan fingerprint density at radius 2 is 2.04 bits per heavy atom. The third-order valence-corrected chi connectivity index (χ3v) is 4.70. The molecule has 0 saturated carbocycles. The highest BCUT2D eigenvalue weighted by Crippen LogP contribution is 2.29. The third kappa shape index (κ3) is 3.91. The van der Waals surface area contributed by atoms with Crippen LogP contribution in [0.3, 0.4) is 0 Å². The van der Waals surface area contributed by atoms with Crippen LogP contribution in [-0.4, -0.2) is 39.5 Å². The first kappa shape index (κ1) is 16.4. The zero-order chi connectivity index (χ0) is 16.2. The van der Waals surface area contributed by atoms with Gasteiger partial charge in [0.15, 0.2) is 0 Å². The predicted octanol–water partition coefficient (Wildman–Crippen LogP) is 3.05. The topological polar surface area (TPSA) is 41.3 Å². The average Bonchev–Trinajstić information content (AvgIpc) is 3.00. The summed E-state index contributed by atoms with van der Waals surface area (Å²) >= 11 is 5.96. The maximum absolute atomic E-state index is 13.8. The summed E-state index contributed by atoms with van der Waals surface area (Å²) in [5, 5.41) is 13.9. The van der Waals surface area contributed by atoms with Gasteiger partial charge in [-0.1, -0.05) is 11.6 Å². The number of aliphatic hydroxyl groups excluding tert-OH is 1. The minimum atomic E-state index is -0.197. The second kappa shape index (κ2) is 7.43. The highest BCUT2D eigenvalue weighted by molar-refractivity contribution is 6.30. The lowest BCUT2D eigenvalue weighted by molar-refractivity contribution is 0.197. The molecule has 3 rings (SSSR count). The van der Waals surface area contributed by atoms with Crippen molar-refractivity contribution in [3.63, 3.8) is 0 Å². The van der Waals surface area contributed by atoms with Gasteiger partial charge in [0.05, 0.1) is 13.2 Å². The second-order valence-electron chi connectivity index (χ2n) is 5.99. The van der Waals surface area contributed by atoms with Crippen LogP contribution in [0.5, 0.6) is 0 Å². The van der Waals surface area contributed by atoms with E-state index in [4.69, 9.17) is 16.7 Å². The van der Waals surface area contributed by atoms with Gasteiger partial charge in [-0.05, 0) is 50.2 Å². The number of rotatable bonds is 5. The van der Waals surface area contributed by atoms with Crippen LogP contribution in [0.4, 0.5) is 4.39 Å². The quantitative estimate of drug-likeness (QED) is 0.911. The van der Waals surface area contributed by atoms with Crippen LogP contribution < -0.4 is 0 Å². The fourth-order valence-corrected chi connectivity index (χ4v) is 3.46. The molecule has 2 heterocycles. The molecule has 0 atom stereocenters. The smallest absolute Gasteiger partial charge is 0.127 e. The predicted molar refractivity (Wildman–Crippen MR) is 88.0 cm³/mol. The molecule has 0 spiro atoms. The number of hydrogen-bond donors (Lipinski definition) is 1. The molecule has 0 amide bonds. The van der Waals surface area contributed by atoms with Gasteiger partial charge in [0, 0.05) is 34.9 Å². The summed E-state index contributed by atoms with van der Waals surface area (Å²) in [6.45, 7) is 3.06. The van der Waals surface area contributed by atoms with Crippen LogP contribution >= 0.6 is 11.6 Å². The number of benzene rings is 1. The third-order valence-electron chi connectivity index (χ3n) is 4.47. The van der Waals surface area contributed by atoms with E-state index < -0.39 is 0 Å². The summed E-state index contributed by atoms with van der Waals surface area (Å²) in [6, 6.07) is 6.75. The van der Waals surface area contributed by atoms with Gasteiger partial charge >= 0.3 is 0 Å². The molecular weight excluding hydrogens is 317 g/mol. The molecule has 1 aliphatic heterocycles. The van der Waals surface area contributed by atoms with Crippen molar-refractivity contribution in [2.45, 2.75) is 31.8 Å². The van der Waals surface area contributed by atoms with Gasteiger partial charge < -0.3 is 5.11 Å². The van der Waals surface area contributed by atoms with Crippen molar-refractivity contribution >= 4 is 11.6 Å². The molecular formula is C17H21ClFN3O. The summed E-state index contributed by atoms with van der Waals surface area (Å²) in [6.07, 6.45) is 3.82. The van der Waals surface area contributed by atoms with E-state index in [1.807, 2.05) is 10.7 Å². The Morgan fingerprint density at radius 3 is 2.78 bits per heavy atom. The first-order valence-corrected chi connectivity index (χ1v) is 8.34.